The van der Waals surface area contributed by atoms with Gasteiger partial charge in [-0.05, 0) is 27.7 Å². The molecule has 0 aromatic heterocycles. The van der Waals surface area contributed by atoms with Crippen LogP contribution in [0.25, 0.3) is 0 Å². The topological polar surface area (TPSA) is 44.8 Å². The Morgan fingerprint density at radius 2 is 1.73 bits per heavy atom. The van der Waals surface area contributed by atoms with Gasteiger partial charge in [-0.3, -0.25) is 4.79 Å². The molecule has 0 spiro atoms. The van der Waals surface area contributed by atoms with E-state index in [2.05, 4.69) is 6.58 Å². The van der Waals surface area contributed by atoms with E-state index in [0.29, 0.717) is 19.0 Å². The van der Waals surface area contributed by atoms with E-state index in [1.54, 1.807) is 13.8 Å². The molecule has 4 heteroatoms. The molecule has 1 aliphatic heterocycles. The van der Waals surface area contributed by atoms with Crippen molar-refractivity contribution in [2.75, 3.05) is 13.2 Å². The van der Waals surface area contributed by atoms with Crippen LogP contribution in [0, 0.1) is 5.41 Å². The maximum atomic E-state index is 11.7. The molecule has 0 saturated carbocycles. The third kappa shape index (κ3) is 3.04. The summed E-state index contributed by atoms with van der Waals surface area (Å²) in [6, 6.07) is 0. The van der Waals surface area contributed by atoms with E-state index in [9.17, 15) is 4.79 Å². The lowest BCUT2D eigenvalue weighted by Crippen LogP contribution is -2.49. The monoisotopic (exact) mass is 214 g/mol. The summed E-state index contributed by atoms with van der Waals surface area (Å²) in [5.41, 5.74) is -0.742. The van der Waals surface area contributed by atoms with Crippen molar-refractivity contribution >= 4 is 5.97 Å². The number of carbonyl (C=O) groups excluding carboxylic acids is 1. The predicted molar refractivity (Wildman–Crippen MR) is 55.0 cm³/mol. The number of allylic oxidation sites excluding steroid dienone is 1. The van der Waals surface area contributed by atoms with Gasteiger partial charge >= 0.3 is 5.97 Å². The first kappa shape index (κ1) is 12.2. The number of rotatable bonds is 2. The molecule has 0 aliphatic carbocycles. The van der Waals surface area contributed by atoms with Crippen LogP contribution >= 0.6 is 0 Å². The minimum absolute atomic E-state index is 0.298. The van der Waals surface area contributed by atoms with Crippen molar-refractivity contribution in [3.05, 3.63) is 12.3 Å². The molecule has 1 rings (SSSR count). The maximum absolute atomic E-state index is 11.7. The van der Waals surface area contributed by atoms with Crippen molar-refractivity contribution in [3.63, 3.8) is 0 Å². The largest absolute Gasteiger partial charge is 0.431 e. The van der Waals surface area contributed by atoms with E-state index in [0.717, 1.165) is 0 Å². The van der Waals surface area contributed by atoms with Crippen LogP contribution in [0.2, 0.25) is 0 Å². The highest BCUT2D eigenvalue weighted by Gasteiger charge is 2.43. The fraction of sp³-hybridized carbons (Fsp3) is 0.727. The summed E-state index contributed by atoms with van der Waals surface area (Å²) >= 11 is 0. The Hall–Kier alpha value is -0.870. The van der Waals surface area contributed by atoms with Crippen LogP contribution in [0.4, 0.5) is 0 Å². The molecule has 0 aromatic rings. The molecule has 1 heterocycles. The van der Waals surface area contributed by atoms with Gasteiger partial charge in [-0.2, -0.15) is 0 Å². The van der Waals surface area contributed by atoms with Crippen LogP contribution in [0.5, 0.6) is 0 Å². The molecule has 0 aromatic carbocycles. The molecule has 1 fully saturated rings. The third-order valence-corrected chi connectivity index (χ3v) is 2.24. The van der Waals surface area contributed by atoms with Crippen LogP contribution in [-0.4, -0.2) is 25.0 Å². The van der Waals surface area contributed by atoms with Crippen LogP contribution in [0.15, 0.2) is 12.3 Å². The van der Waals surface area contributed by atoms with Gasteiger partial charge in [0.15, 0.2) is 5.79 Å². The van der Waals surface area contributed by atoms with E-state index >= 15 is 0 Å². The second-order valence-electron chi connectivity index (χ2n) is 4.63. The number of ether oxygens (including phenoxy) is 3. The minimum Gasteiger partial charge on any atom is -0.431 e. The Balaban J connectivity index is 2.62. The molecule has 15 heavy (non-hydrogen) atoms. The maximum Gasteiger partial charge on any atom is 0.321 e. The Morgan fingerprint density at radius 3 is 2.13 bits per heavy atom. The molecule has 86 valence electrons. The lowest BCUT2D eigenvalue weighted by Gasteiger charge is -2.39. The van der Waals surface area contributed by atoms with Gasteiger partial charge in [0.2, 0.25) is 0 Å². The molecule has 0 radical (unpaired) electrons. The number of hydrogen-bond donors (Lipinski definition) is 0. The molecular formula is C11H18O4. The second kappa shape index (κ2) is 3.94. The van der Waals surface area contributed by atoms with Gasteiger partial charge in [0.1, 0.15) is 5.41 Å². The van der Waals surface area contributed by atoms with Crippen molar-refractivity contribution in [2.24, 2.45) is 5.41 Å². The summed E-state index contributed by atoms with van der Waals surface area (Å²) in [5.74, 6) is -0.597. The third-order valence-electron chi connectivity index (χ3n) is 2.24. The Morgan fingerprint density at radius 1 is 1.27 bits per heavy atom. The van der Waals surface area contributed by atoms with Gasteiger partial charge in [0.05, 0.1) is 19.0 Å². The molecule has 0 atom stereocenters. The van der Waals surface area contributed by atoms with E-state index < -0.39 is 11.2 Å². The highest BCUT2D eigenvalue weighted by Crippen LogP contribution is 2.30. The van der Waals surface area contributed by atoms with Crippen molar-refractivity contribution < 1.29 is 19.0 Å². The van der Waals surface area contributed by atoms with Crippen molar-refractivity contribution in [2.45, 2.75) is 33.5 Å². The van der Waals surface area contributed by atoms with Crippen LogP contribution in [0.1, 0.15) is 27.7 Å². The summed E-state index contributed by atoms with van der Waals surface area (Å²) in [6.07, 6.45) is 0. The molecule has 1 saturated heterocycles. The Kier molecular flexibility index (Phi) is 3.21. The summed E-state index contributed by atoms with van der Waals surface area (Å²) in [5, 5.41) is 0. The zero-order valence-electron chi connectivity index (χ0n) is 9.75. The zero-order chi connectivity index (χ0) is 11.7. The van der Waals surface area contributed by atoms with Crippen LogP contribution < -0.4 is 0 Å². The molecule has 0 bridgehead atoms. The van der Waals surface area contributed by atoms with E-state index in [1.807, 2.05) is 13.8 Å². The molecule has 0 amide bonds. The first-order valence-corrected chi connectivity index (χ1v) is 4.91. The molecular weight excluding hydrogens is 196 g/mol. The molecule has 0 N–H and O–H groups in total. The van der Waals surface area contributed by atoms with Gasteiger partial charge < -0.3 is 14.2 Å². The summed E-state index contributed by atoms with van der Waals surface area (Å²) in [7, 11) is 0. The average Bonchev–Trinajstić information content (AvgIpc) is 2.09. The van der Waals surface area contributed by atoms with Gasteiger partial charge in [-0.1, -0.05) is 6.58 Å². The Labute approximate surface area is 90.2 Å². The first-order valence-electron chi connectivity index (χ1n) is 4.91. The SMILES string of the molecule is C=C(C)OC(=O)C1(C)COC(C)(C)OC1. The quantitative estimate of drug-likeness (QED) is 0.520. The van der Waals surface area contributed by atoms with Crippen molar-refractivity contribution in [1.29, 1.82) is 0 Å². The van der Waals surface area contributed by atoms with Gasteiger partial charge in [-0.15, -0.1) is 0 Å². The van der Waals surface area contributed by atoms with Crippen LogP contribution in [-0.2, 0) is 19.0 Å². The minimum atomic E-state index is -0.742. The fourth-order valence-corrected chi connectivity index (χ4v) is 1.15. The fourth-order valence-electron chi connectivity index (χ4n) is 1.15. The molecule has 4 nitrogen and oxygen atoms in total. The van der Waals surface area contributed by atoms with Gasteiger partial charge in [0, 0.05) is 0 Å². The van der Waals surface area contributed by atoms with E-state index in [1.165, 1.54) is 0 Å². The van der Waals surface area contributed by atoms with Gasteiger partial charge in [-0.25, -0.2) is 0 Å². The lowest BCUT2D eigenvalue weighted by atomic mass is 9.92. The molecule has 0 unspecified atom stereocenters. The van der Waals surface area contributed by atoms with Gasteiger partial charge in [0.25, 0.3) is 0 Å². The zero-order valence-corrected chi connectivity index (χ0v) is 9.75. The first-order chi connectivity index (χ1) is 6.75. The lowest BCUT2D eigenvalue weighted by molar-refractivity contribution is -0.280. The summed E-state index contributed by atoms with van der Waals surface area (Å²) in [4.78, 5) is 11.7. The van der Waals surface area contributed by atoms with E-state index in [4.69, 9.17) is 14.2 Å². The second-order valence-corrected chi connectivity index (χ2v) is 4.63. The number of hydrogen-bond acceptors (Lipinski definition) is 4. The smallest absolute Gasteiger partial charge is 0.321 e. The van der Waals surface area contributed by atoms with E-state index in [-0.39, 0.29) is 5.97 Å². The average molecular weight is 214 g/mol. The standard InChI is InChI=1S/C11H18O4/c1-8(2)15-9(12)11(5)6-13-10(3,4)14-7-11/h1,6-7H2,2-5H3. The highest BCUT2D eigenvalue weighted by molar-refractivity contribution is 5.77. The highest BCUT2D eigenvalue weighted by atomic mass is 16.7. The number of esters is 1. The summed E-state index contributed by atoms with van der Waals surface area (Å²) < 4.78 is 15.8. The Bertz CT molecular complexity index is 270. The summed E-state index contributed by atoms with van der Waals surface area (Å²) in [6.45, 7) is 11.1. The van der Waals surface area contributed by atoms with Crippen molar-refractivity contribution in [1.82, 2.24) is 0 Å². The van der Waals surface area contributed by atoms with Crippen LogP contribution in [0.3, 0.4) is 0 Å². The van der Waals surface area contributed by atoms with Crippen molar-refractivity contribution in [3.8, 4) is 0 Å². The normalized spacial score (nSPS) is 23.2. The predicted octanol–water partition coefficient (Wildman–Crippen LogP) is 1.85. The molecule has 1 aliphatic rings. The number of carbonyl (C=O) groups is 1.